The van der Waals surface area contributed by atoms with Crippen molar-refractivity contribution in [1.82, 2.24) is 10.0 Å². The molecule has 5 rings (SSSR count). The van der Waals surface area contributed by atoms with Crippen LogP contribution in [-0.2, 0) is 16.1 Å². The maximum absolute atomic E-state index is 14.4. The molecule has 2 aromatic carbocycles. The molecule has 1 heterocycles. The monoisotopic (exact) mass is 424 g/mol. The molecule has 1 aliphatic heterocycles. The fraction of sp³-hybridized carbons (Fsp3) is 0.261. The van der Waals surface area contributed by atoms with E-state index in [4.69, 9.17) is 11.6 Å². The maximum Gasteiger partial charge on any atom is 0.274 e. The number of allylic oxidation sites excluding steroid dienone is 2. The van der Waals surface area contributed by atoms with Gasteiger partial charge in [-0.1, -0.05) is 54.1 Å². The molecule has 3 aliphatic rings. The number of carbonyl (C=O) groups excluding carboxylic acids is 3. The first-order chi connectivity index (χ1) is 14.5. The van der Waals surface area contributed by atoms with Crippen LogP contribution in [0.5, 0.6) is 0 Å². The molecule has 0 unspecified atom stereocenters. The molecule has 0 spiro atoms. The number of nitrogens with zero attached hydrogens (tertiary/aromatic N) is 2. The Balaban J connectivity index is 1.56. The fourth-order valence-electron chi connectivity index (χ4n) is 4.92. The number of amides is 3. The van der Waals surface area contributed by atoms with Gasteiger partial charge in [0.1, 0.15) is 5.82 Å². The zero-order valence-corrected chi connectivity index (χ0v) is 16.6. The standard InChI is InChI=1S/C23H18ClFN2O3/c24-17-7-3-2-6-16(17)21(28)26(12-15-5-1-4-8-18(15)25)27-22(29)19-13-9-10-14(11-13)20(19)23(27)30/h1-10,13-14,19-20H,11-12H2/t13-,14-,19-,20-/m0/s1. The quantitative estimate of drug-likeness (QED) is 0.553. The normalized spacial score (nSPS) is 26.4. The second-order valence-corrected chi connectivity index (χ2v) is 8.33. The van der Waals surface area contributed by atoms with Crippen molar-refractivity contribution < 1.29 is 18.8 Å². The van der Waals surface area contributed by atoms with Gasteiger partial charge in [0.15, 0.2) is 0 Å². The highest BCUT2D eigenvalue weighted by Gasteiger charge is 2.61. The Hall–Kier alpha value is -2.99. The van der Waals surface area contributed by atoms with E-state index in [-0.39, 0.29) is 34.5 Å². The van der Waals surface area contributed by atoms with Crippen LogP contribution in [0.3, 0.4) is 0 Å². The van der Waals surface area contributed by atoms with Gasteiger partial charge in [-0.15, -0.1) is 0 Å². The molecule has 2 aromatic rings. The van der Waals surface area contributed by atoms with Gasteiger partial charge < -0.3 is 0 Å². The lowest BCUT2D eigenvalue weighted by atomic mass is 9.85. The number of benzene rings is 2. The first-order valence-electron chi connectivity index (χ1n) is 9.83. The van der Waals surface area contributed by atoms with Gasteiger partial charge in [0.25, 0.3) is 17.7 Å². The Morgan fingerprint density at radius 2 is 1.60 bits per heavy atom. The van der Waals surface area contributed by atoms with Crippen LogP contribution in [-0.4, -0.2) is 27.7 Å². The summed E-state index contributed by atoms with van der Waals surface area (Å²) >= 11 is 6.21. The topological polar surface area (TPSA) is 57.7 Å². The SMILES string of the molecule is O=C(c1ccccc1Cl)N(Cc1ccccc1F)N1C(=O)[C@@H]2[C@@H](C1=O)[C@H]1C=C[C@H]2C1. The van der Waals surface area contributed by atoms with Gasteiger partial charge in [-0.05, 0) is 36.5 Å². The third-order valence-electron chi connectivity index (χ3n) is 6.31. The van der Waals surface area contributed by atoms with Crippen LogP contribution in [0.4, 0.5) is 4.39 Å². The predicted molar refractivity (Wildman–Crippen MR) is 107 cm³/mol. The first kappa shape index (κ1) is 19.0. The summed E-state index contributed by atoms with van der Waals surface area (Å²) in [4.78, 5) is 40.0. The van der Waals surface area contributed by atoms with Crippen LogP contribution >= 0.6 is 11.6 Å². The molecule has 30 heavy (non-hydrogen) atoms. The molecule has 1 saturated carbocycles. The van der Waals surface area contributed by atoms with Gasteiger partial charge >= 0.3 is 0 Å². The second-order valence-electron chi connectivity index (χ2n) is 7.92. The molecule has 1 saturated heterocycles. The van der Waals surface area contributed by atoms with Crippen molar-refractivity contribution in [3.63, 3.8) is 0 Å². The second kappa shape index (κ2) is 7.06. The Kier molecular flexibility index (Phi) is 4.47. The van der Waals surface area contributed by atoms with E-state index >= 15 is 0 Å². The maximum atomic E-state index is 14.4. The van der Waals surface area contributed by atoms with E-state index in [2.05, 4.69) is 0 Å². The Morgan fingerprint density at radius 1 is 1.00 bits per heavy atom. The van der Waals surface area contributed by atoms with Crippen LogP contribution in [0.2, 0.25) is 5.02 Å². The molecule has 0 aromatic heterocycles. The van der Waals surface area contributed by atoms with Crippen molar-refractivity contribution in [2.24, 2.45) is 23.7 Å². The molecule has 0 N–H and O–H groups in total. The van der Waals surface area contributed by atoms with Gasteiger partial charge in [0.05, 0.1) is 29.0 Å². The lowest BCUT2D eigenvalue weighted by molar-refractivity contribution is -0.156. The summed E-state index contributed by atoms with van der Waals surface area (Å²) < 4.78 is 14.4. The van der Waals surface area contributed by atoms with Gasteiger partial charge in [-0.2, -0.15) is 5.01 Å². The molecule has 2 bridgehead atoms. The highest BCUT2D eigenvalue weighted by molar-refractivity contribution is 6.33. The molecule has 0 radical (unpaired) electrons. The van der Waals surface area contributed by atoms with Crippen LogP contribution < -0.4 is 0 Å². The first-order valence-corrected chi connectivity index (χ1v) is 10.2. The number of carbonyl (C=O) groups is 3. The number of rotatable bonds is 4. The summed E-state index contributed by atoms with van der Waals surface area (Å²) in [5.41, 5.74) is 0.353. The largest absolute Gasteiger partial charge is 0.274 e. The van der Waals surface area contributed by atoms with Crippen LogP contribution in [0.25, 0.3) is 0 Å². The zero-order chi connectivity index (χ0) is 21.0. The number of hydrogen-bond donors (Lipinski definition) is 0. The summed E-state index contributed by atoms with van der Waals surface area (Å²) in [5.74, 6) is -2.86. The summed E-state index contributed by atoms with van der Waals surface area (Å²) in [6.07, 6.45) is 4.75. The van der Waals surface area contributed by atoms with Gasteiger partial charge in [-0.3, -0.25) is 14.4 Å². The van der Waals surface area contributed by atoms with Crippen molar-refractivity contribution in [1.29, 1.82) is 0 Å². The molecular formula is C23H18ClFN2O3. The molecule has 2 aliphatic carbocycles. The third-order valence-corrected chi connectivity index (χ3v) is 6.63. The summed E-state index contributed by atoms with van der Waals surface area (Å²) in [7, 11) is 0. The molecular weight excluding hydrogens is 407 g/mol. The summed E-state index contributed by atoms with van der Waals surface area (Å²) in [5, 5.41) is 2.17. The molecule has 5 nitrogen and oxygen atoms in total. The smallest absolute Gasteiger partial charge is 0.272 e. The lowest BCUT2D eigenvalue weighted by Gasteiger charge is -2.31. The van der Waals surface area contributed by atoms with Crippen LogP contribution in [0, 0.1) is 29.5 Å². The Morgan fingerprint density at radius 3 is 2.23 bits per heavy atom. The van der Waals surface area contributed by atoms with E-state index in [1.807, 2.05) is 12.2 Å². The minimum atomic E-state index is -0.620. The van der Waals surface area contributed by atoms with Crippen molar-refractivity contribution >= 4 is 29.3 Å². The Bertz CT molecular complexity index is 1070. The van der Waals surface area contributed by atoms with Crippen molar-refractivity contribution in [2.45, 2.75) is 13.0 Å². The van der Waals surface area contributed by atoms with E-state index in [0.29, 0.717) is 0 Å². The average Bonchev–Trinajstić information content (AvgIpc) is 3.42. The highest BCUT2D eigenvalue weighted by Crippen LogP contribution is 2.53. The third kappa shape index (κ3) is 2.78. The van der Waals surface area contributed by atoms with Gasteiger partial charge in [-0.25, -0.2) is 9.40 Å². The zero-order valence-electron chi connectivity index (χ0n) is 15.9. The van der Waals surface area contributed by atoms with Crippen LogP contribution in [0.1, 0.15) is 22.3 Å². The minimum absolute atomic E-state index is 0.00665. The van der Waals surface area contributed by atoms with E-state index in [1.54, 1.807) is 30.3 Å². The number of fused-ring (bicyclic) bond motifs is 5. The molecule has 3 amide bonds. The molecule has 7 heteroatoms. The summed E-state index contributed by atoms with van der Waals surface area (Å²) in [6, 6.07) is 12.4. The van der Waals surface area contributed by atoms with Crippen molar-refractivity contribution in [2.75, 3.05) is 0 Å². The number of imide groups is 1. The number of hydrazine groups is 1. The van der Waals surface area contributed by atoms with E-state index in [0.717, 1.165) is 16.4 Å². The average molecular weight is 425 g/mol. The fourth-order valence-corrected chi connectivity index (χ4v) is 5.14. The molecule has 152 valence electrons. The highest BCUT2D eigenvalue weighted by atomic mass is 35.5. The lowest BCUT2D eigenvalue weighted by Crippen LogP contribution is -2.50. The van der Waals surface area contributed by atoms with Gasteiger partial charge in [0, 0.05) is 5.56 Å². The van der Waals surface area contributed by atoms with Crippen molar-refractivity contribution in [3.8, 4) is 0 Å². The van der Waals surface area contributed by atoms with Gasteiger partial charge in [0.2, 0.25) is 0 Å². The van der Waals surface area contributed by atoms with E-state index < -0.39 is 35.4 Å². The minimum Gasteiger partial charge on any atom is -0.272 e. The molecule has 4 atom stereocenters. The number of halogens is 2. The van der Waals surface area contributed by atoms with Crippen LogP contribution in [0.15, 0.2) is 60.7 Å². The van der Waals surface area contributed by atoms with E-state index in [1.165, 1.54) is 18.2 Å². The molecule has 2 fully saturated rings. The Labute approximate surface area is 177 Å². The van der Waals surface area contributed by atoms with Crippen molar-refractivity contribution in [3.05, 3.63) is 82.6 Å². The number of hydrogen-bond acceptors (Lipinski definition) is 3. The van der Waals surface area contributed by atoms with E-state index in [9.17, 15) is 18.8 Å². The predicted octanol–water partition coefficient (Wildman–Crippen LogP) is 3.84. The summed E-state index contributed by atoms with van der Waals surface area (Å²) in [6.45, 7) is -0.254.